The lowest BCUT2D eigenvalue weighted by molar-refractivity contribution is -0.127. The van der Waals surface area contributed by atoms with E-state index in [9.17, 15) is 9.59 Å². The highest BCUT2D eigenvalue weighted by Gasteiger charge is 2.25. The Morgan fingerprint density at radius 1 is 0.968 bits per heavy atom. The maximum atomic E-state index is 12.0. The zero-order valence-electron chi connectivity index (χ0n) is 18.1. The summed E-state index contributed by atoms with van der Waals surface area (Å²) in [7, 11) is 2.16. The van der Waals surface area contributed by atoms with Gasteiger partial charge in [-0.25, -0.2) is 0 Å². The van der Waals surface area contributed by atoms with Crippen LogP contribution < -0.4 is 15.4 Å². The Labute approximate surface area is 184 Å². The topological polar surface area (TPSA) is 73.9 Å². The van der Waals surface area contributed by atoms with Crippen molar-refractivity contribution in [2.45, 2.75) is 12.5 Å². The number of carbonyl (C=O) groups excluding carboxylic acids is 2. The molecule has 0 spiro atoms. The molecule has 0 radical (unpaired) electrons. The Morgan fingerprint density at radius 2 is 1.68 bits per heavy atom. The Bertz CT molecular complexity index is 816. The standard InChI is InChI=1S/C24H32N4O3/c1-27-15-16-28(22(18-27)20-9-4-2-5-10-20)14-8-13-25-23(29)17-26-24(30)19-31-21-11-6-3-7-12-21/h2-7,9-12,22H,8,13-19H2,1H3,(H,25,29)(H,26,30). The molecule has 1 aliphatic heterocycles. The number of para-hydroxylation sites is 1. The first-order valence-corrected chi connectivity index (χ1v) is 10.8. The molecule has 1 atom stereocenters. The van der Waals surface area contributed by atoms with Crippen molar-refractivity contribution < 1.29 is 14.3 Å². The van der Waals surface area contributed by atoms with E-state index in [-0.39, 0.29) is 25.0 Å². The van der Waals surface area contributed by atoms with Gasteiger partial charge >= 0.3 is 0 Å². The van der Waals surface area contributed by atoms with E-state index < -0.39 is 0 Å². The average Bonchev–Trinajstić information content (AvgIpc) is 2.81. The van der Waals surface area contributed by atoms with Gasteiger partial charge in [0.25, 0.3) is 5.91 Å². The molecule has 7 nitrogen and oxygen atoms in total. The van der Waals surface area contributed by atoms with Crippen LogP contribution in [-0.4, -0.2) is 74.5 Å². The normalized spacial score (nSPS) is 17.1. The largest absolute Gasteiger partial charge is 0.484 e. The second kappa shape index (κ2) is 12.1. The second-order valence-electron chi connectivity index (χ2n) is 7.81. The number of rotatable bonds is 10. The minimum absolute atomic E-state index is 0.0435. The fourth-order valence-electron chi connectivity index (χ4n) is 3.68. The molecule has 31 heavy (non-hydrogen) atoms. The Hall–Kier alpha value is -2.90. The Kier molecular flexibility index (Phi) is 8.87. The first-order chi connectivity index (χ1) is 15.1. The number of carbonyl (C=O) groups is 2. The van der Waals surface area contributed by atoms with Gasteiger partial charge in [-0.1, -0.05) is 48.5 Å². The molecular formula is C24H32N4O3. The third-order valence-corrected chi connectivity index (χ3v) is 5.38. The molecule has 1 aliphatic rings. The van der Waals surface area contributed by atoms with Gasteiger partial charge in [0.05, 0.1) is 6.54 Å². The zero-order valence-corrected chi connectivity index (χ0v) is 18.1. The van der Waals surface area contributed by atoms with E-state index in [0.29, 0.717) is 18.3 Å². The summed E-state index contributed by atoms with van der Waals surface area (Å²) in [6.07, 6.45) is 0.865. The lowest BCUT2D eigenvalue weighted by Gasteiger charge is -2.40. The van der Waals surface area contributed by atoms with Crippen LogP contribution in [0.1, 0.15) is 18.0 Å². The average molecular weight is 425 g/mol. The summed E-state index contributed by atoms with van der Waals surface area (Å²) in [6, 6.07) is 20.1. The van der Waals surface area contributed by atoms with Gasteiger partial charge in [-0.05, 0) is 31.2 Å². The molecule has 2 amide bonds. The zero-order chi connectivity index (χ0) is 21.9. The molecule has 1 unspecified atom stereocenters. The molecular weight excluding hydrogens is 392 g/mol. The van der Waals surface area contributed by atoms with Crippen molar-refractivity contribution >= 4 is 11.8 Å². The number of hydrogen-bond donors (Lipinski definition) is 2. The van der Waals surface area contributed by atoms with E-state index in [0.717, 1.165) is 32.6 Å². The minimum Gasteiger partial charge on any atom is -0.484 e. The van der Waals surface area contributed by atoms with Crippen molar-refractivity contribution in [1.82, 2.24) is 20.4 Å². The van der Waals surface area contributed by atoms with Gasteiger partial charge in [-0.3, -0.25) is 14.5 Å². The number of hydrogen-bond acceptors (Lipinski definition) is 5. The number of piperazine rings is 1. The highest BCUT2D eigenvalue weighted by Crippen LogP contribution is 2.24. The second-order valence-corrected chi connectivity index (χ2v) is 7.81. The summed E-state index contributed by atoms with van der Waals surface area (Å²) in [5.41, 5.74) is 1.33. The Balaban J connectivity index is 1.32. The van der Waals surface area contributed by atoms with E-state index in [1.165, 1.54) is 5.56 Å². The fraction of sp³-hybridized carbons (Fsp3) is 0.417. The summed E-state index contributed by atoms with van der Waals surface area (Å²) in [5, 5.41) is 5.47. The molecule has 0 saturated carbocycles. The molecule has 0 bridgehead atoms. The van der Waals surface area contributed by atoms with Gasteiger partial charge in [0.2, 0.25) is 5.91 Å². The van der Waals surface area contributed by atoms with Gasteiger partial charge in [0, 0.05) is 38.8 Å². The van der Waals surface area contributed by atoms with E-state index in [4.69, 9.17) is 4.74 Å². The smallest absolute Gasteiger partial charge is 0.258 e. The van der Waals surface area contributed by atoms with Crippen LogP contribution in [0, 0.1) is 0 Å². The molecule has 0 aromatic heterocycles. The van der Waals surface area contributed by atoms with Gasteiger partial charge in [-0.15, -0.1) is 0 Å². The lowest BCUT2D eigenvalue weighted by Crippen LogP contribution is -2.47. The van der Waals surface area contributed by atoms with Crippen LogP contribution in [0.15, 0.2) is 60.7 Å². The molecule has 2 aromatic carbocycles. The number of nitrogens with zero attached hydrogens (tertiary/aromatic N) is 2. The van der Waals surface area contributed by atoms with Crippen molar-refractivity contribution in [3.63, 3.8) is 0 Å². The highest BCUT2D eigenvalue weighted by atomic mass is 16.5. The summed E-state index contributed by atoms with van der Waals surface area (Å²) < 4.78 is 5.37. The number of nitrogens with one attached hydrogen (secondary N) is 2. The van der Waals surface area contributed by atoms with Crippen molar-refractivity contribution in [2.24, 2.45) is 0 Å². The number of ether oxygens (including phenoxy) is 1. The molecule has 1 fully saturated rings. The summed E-state index contributed by atoms with van der Waals surface area (Å²) in [4.78, 5) is 28.7. The van der Waals surface area contributed by atoms with E-state index >= 15 is 0 Å². The first-order valence-electron chi connectivity index (χ1n) is 10.8. The van der Waals surface area contributed by atoms with Crippen molar-refractivity contribution in [3.05, 3.63) is 66.2 Å². The number of likely N-dealkylation sites (N-methyl/N-ethyl adjacent to an activating group) is 1. The van der Waals surface area contributed by atoms with Gasteiger partial charge in [-0.2, -0.15) is 0 Å². The van der Waals surface area contributed by atoms with Crippen molar-refractivity contribution in [3.8, 4) is 5.75 Å². The van der Waals surface area contributed by atoms with E-state index in [1.54, 1.807) is 12.1 Å². The predicted octanol–water partition coefficient (Wildman–Crippen LogP) is 1.68. The van der Waals surface area contributed by atoms with E-state index in [2.05, 4.69) is 51.7 Å². The van der Waals surface area contributed by atoms with Crippen LogP contribution in [0.5, 0.6) is 5.75 Å². The minimum atomic E-state index is -0.317. The lowest BCUT2D eigenvalue weighted by atomic mass is 10.0. The Morgan fingerprint density at radius 3 is 2.42 bits per heavy atom. The summed E-state index contributed by atoms with van der Waals surface area (Å²) >= 11 is 0. The predicted molar refractivity (Wildman–Crippen MR) is 121 cm³/mol. The molecule has 0 aliphatic carbocycles. The van der Waals surface area contributed by atoms with Crippen LogP contribution in [0.2, 0.25) is 0 Å². The molecule has 1 saturated heterocycles. The van der Waals surface area contributed by atoms with Crippen molar-refractivity contribution in [2.75, 3.05) is 52.9 Å². The van der Waals surface area contributed by atoms with Crippen molar-refractivity contribution in [1.29, 1.82) is 0 Å². The molecule has 2 N–H and O–H groups in total. The molecule has 166 valence electrons. The maximum Gasteiger partial charge on any atom is 0.258 e. The van der Waals surface area contributed by atoms with Crippen LogP contribution >= 0.6 is 0 Å². The van der Waals surface area contributed by atoms with E-state index in [1.807, 2.05) is 24.3 Å². The van der Waals surface area contributed by atoms with Crippen LogP contribution in [-0.2, 0) is 9.59 Å². The maximum absolute atomic E-state index is 12.0. The highest BCUT2D eigenvalue weighted by molar-refractivity contribution is 5.85. The first kappa shape index (κ1) is 22.8. The molecule has 1 heterocycles. The summed E-state index contributed by atoms with van der Waals surface area (Å²) in [6.45, 7) is 4.43. The third kappa shape index (κ3) is 7.70. The molecule has 7 heteroatoms. The van der Waals surface area contributed by atoms with Crippen LogP contribution in [0.3, 0.4) is 0 Å². The number of benzene rings is 2. The van der Waals surface area contributed by atoms with Gasteiger partial charge in [0.15, 0.2) is 6.61 Å². The fourth-order valence-corrected chi connectivity index (χ4v) is 3.68. The molecule has 2 aromatic rings. The quantitative estimate of drug-likeness (QED) is 0.568. The monoisotopic (exact) mass is 424 g/mol. The van der Waals surface area contributed by atoms with Gasteiger partial charge < -0.3 is 20.3 Å². The van der Waals surface area contributed by atoms with Crippen LogP contribution in [0.4, 0.5) is 0 Å². The summed E-state index contributed by atoms with van der Waals surface area (Å²) in [5.74, 6) is 0.119. The van der Waals surface area contributed by atoms with Gasteiger partial charge in [0.1, 0.15) is 5.75 Å². The van der Waals surface area contributed by atoms with Crippen LogP contribution in [0.25, 0.3) is 0 Å². The SMILES string of the molecule is CN1CCN(CCCNC(=O)CNC(=O)COc2ccccc2)C(c2ccccc2)C1. The number of amides is 2. The molecule has 3 rings (SSSR count). The third-order valence-electron chi connectivity index (χ3n) is 5.38.